The van der Waals surface area contributed by atoms with Gasteiger partial charge < -0.3 is 19.9 Å². The van der Waals surface area contributed by atoms with Gasteiger partial charge in [-0.2, -0.15) is 0 Å². The maximum absolute atomic E-state index is 14.0. The van der Waals surface area contributed by atoms with E-state index in [9.17, 15) is 18.4 Å². The van der Waals surface area contributed by atoms with Gasteiger partial charge in [0, 0.05) is 30.9 Å². The van der Waals surface area contributed by atoms with Crippen LogP contribution < -0.4 is 15.0 Å². The van der Waals surface area contributed by atoms with Crippen molar-refractivity contribution in [3.05, 3.63) is 48.3 Å². The van der Waals surface area contributed by atoms with E-state index < -0.39 is 35.2 Å². The Kier molecular flexibility index (Phi) is 7.66. The van der Waals surface area contributed by atoms with Crippen LogP contribution >= 0.6 is 0 Å². The molecule has 2 aliphatic heterocycles. The van der Waals surface area contributed by atoms with Crippen LogP contribution in [-0.2, 0) is 9.59 Å². The van der Waals surface area contributed by atoms with Crippen molar-refractivity contribution in [1.29, 1.82) is 0 Å². The first-order valence-electron chi connectivity index (χ1n) is 12.8. The first kappa shape index (κ1) is 26.8. The topological polar surface area (TPSA) is 87.7 Å². The number of carbonyl (C=O) groups excluding carboxylic acids is 2. The third-order valence-electron chi connectivity index (χ3n) is 7.31. The Balaban J connectivity index is 1.65. The molecule has 8 nitrogen and oxygen atoms in total. The van der Waals surface area contributed by atoms with Crippen molar-refractivity contribution in [3.8, 4) is 5.75 Å². The van der Waals surface area contributed by atoms with E-state index in [0.717, 1.165) is 12.1 Å². The van der Waals surface area contributed by atoms with Crippen LogP contribution in [0.15, 0.2) is 36.7 Å². The fraction of sp³-hybridized carbons (Fsp3) is 0.556. The molecule has 0 saturated carbocycles. The first-order valence-corrected chi connectivity index (χ1v) is 12.8. The molecule has 0 spiro atoms. The number of aromatic nitrogens is 2. The normalized spacial score (nSPS) is 22.9. The third kappa shape index (κ3) is 5.52. The molecule has 4 rings (SSSR count). The Bertz CT molecular complexity index is 1130. The molecule has 2 amide bonds. The number of likely N-dealkylation sites (tertiary alicyclic amines) is 1. The third-order valence-corrected chi connectivity index (χ3v) is 7.31. The number of ether oxygens (including phenoxy) is 1. The first-order chi connectivity index (χ1) is 17.5. The highest BCUT2D eigenvalue weighted by Crippen LogP contribution is 2.37. The maximum atomic E-state index is 14.0. The second-order valence-corrected chi connectivity index (χ2v) is 10.9. The van der Waals surface area contributed by atoms with Crippen molar-refractivity contribution in [3.63, 3.8) is 0 Å². The molecule has 2 saturated heterocycles. The largest absolute Gasteiger partial charge is 0.486 e. The van der Waals surface area contributed by atoms with E-state index in [0.29, 0.717) is 31.9 Å². The average molecular weight is 516 g/mol. The number of nitrogens with zero attached hydrogens (tertiary/aromatic N) is 4. The standard InChI is InChI=1S/C27H35F2N5O3/c1-6-16(2)24(35)32-23(27(3,4)5)25(36)33-13-10-20-22(33)21(15-34(20)26-30-11-7-12-31-26)37-17-8-9-18(28)19(29)14-17/h7-9,11-12,14,16,20-23H,6,10,13,15H2,1-5H3,(H,32,35)/t16-,20-,21+,22+,23-/m1/s1. The molecule has 2 aromatic rings. The summed E-state index contributed by atoms with van der Waals surface area (Å²) in [5.41, 5.74) is -0.532. The summed E-state index contributed by atoms with van der Waals surface area (Å²) in [4.78, 5) is 39.4. The molecule has 1 N–H and O–H groups in total. The lowest BCUT2D eigenvalue weighted by molar-refractivity contribution is -0.142. The summed E-state index contributed by atoms with van der Waals surface area (Å²) in [6.07, 6.45) is 4.08. The molecule has 10 heteroatoms. The lowest BCUT2D eigenvalue weighted by atomic mass is 9.85. The molecular formula is C27H35F2N5O3. The summed E-state index contributed by atoms with van der Waals surface area (Å²) in [6, 6.07) is 3.87. The number of halogens is 2. The van der Waals surface area contributed by atoms with Crippen LogP contribution in [0.1, 0.15) is 47.5 Å². The molecule has 1 aromatic heterocycles. The summed E-state index contributed by atoms with van der Waals surface area (Å²) >= 11 is 0. The van der Waals surface area contributed by atoms with Crippen LogP contribution in [0, 0.1) is 23.0 Å². The minimum atomic E-state index is -1.00. The second-order valence-electron chi connectivity index (χ2n) is 10.9. The second kappa shape index (κ2) is 10.6. The number of anilines is 1. The zero-order valence-electron chi connectivity index (χ0n) is 21.9. The van der Waals surface area contributed by atoms with Gasteiger partial charge in [-0.15, -0.1) is 0 Å². The Morgan fingerprint density at radius 1 is 1.19 bits per heavy atom. The Hall–Kier alpha value is -3.30. The summed E-state index contributed by atoms with van der Waals surface area (Å²) in [7, 11) is 0. The minimum Gasteiger partial charge on any atom is -0.486 e. The highest BCUT2D eigenvalue weighted by molar-refractivity contribution is 5.89. The molecular weight excluding hydrogens is 480 g/mol. The van der Waals surface area contributed by atoms with Gasteiger partial charge in [0.2, 0.25) is 17.8 Å². The number of amides is 2. The van der Waals surface area contributed by atoms with E-state index in [1.807, 2.05) is 39.5 Å². The number of carbonyl (C=O) groups is 2. The van der Waals surface area contributed by atoms with Crippen molar-refractivity contribution in [2.24, 2.45) is 11.3 Å². The molecule has 1 aromatic carbocycles. The van der Waals surface area contributed by atoms with Crippen molar-refractivity contribution in [2.75, 3.05) is 18.0 Å². The van der Waals surface area contributed by atoms with Crippen molar-refractivity contribution in [2.45, 2.75) is 71.7 Å². The summed E-state index contributed by atoms with van der Waals surface area (Å²) in [5.74, 6) is -1.84. The number of nitrogens with one attached hydrogen (secondary N) is 1. The van der Waals surface area contributed by atoms with Crippen LogP contribution in [0.4, 0.5) is 14.7 Å². The molecule has 2 aliphatic rings. The Morgan fingerprint density at radius 2 is 1.89 bits per heavy atom. The molecule has 2 fully saturated rings. The van der Waals surface area contributed by atoms with E-state index in [2.05, 4.69) is 15.3 Å². The van der Waals surface area contributed by atoms with Crippen LogP contribution in [-0.4, -0.2) is 64.0 Å². The fourth-order valence-corrected chi connectivity index (χ4v) is 5.07. The number of hydrogen-bond acceptors (Lipinski definition) is 6. The fourth-order valence-electron chi connectivity index (χ4n) is 5.07. The van der Waals surface area contributed by atoms with Gasteiger partial charge in [-0.05, 0) is 36.5 Å². The molecule has 0 unspecified atom stereocenters. The summed E-state index contributed by atoms with van der Waals surface area (Å²) < 4.78 is 33.6. The zero-order valence-corrected chi connectivity index (χ0v) is 21.9. The predicted molar refractivity (Wildman–Crippen MR) is 135 cm³/mol. The smallest absolute Gasteiger partial charge is 0.246 e. The van der Waals surface area contributed by atoms with Gasteiger partial charge in [0.25, 0.3) is 0 Å². The Morgan fingerprint density at radius 3 is 2.51 bits per heavy atom. The van der Waals surface area contributed by atoms with Crippen LogP contribution in [0.25, 0.3) is 0 Å². The summed E-state index contributed by atoms with van der Waals surface area (Å²) in [6.45, 7) is 10.4. The quantitative estimate of drug-likeness (QED) is 0.607. The predicted octanol–water partition coefficient (Wildman–Crippen LogP) is 3.57. The number of benzene rings is 1. The van der Waals surface area contributed by atoms with Gasteiger partial charge >= 0.3 is 0 Å². The lowest BCUT2D eigenvalue weighted by Gasteiger charge is -2.37. The highest BCUT2D eigenvalue weighted by Gasteiger charge is 2.54. The summed E-state index contributed by atoms with van der Waals surface area (Å²) in [5, 5.41) is 2.98. The van der Waals surface area contributed by atoms with Gasteiger partial charge in [-0.1, -0.05) is 34.6 Å². The highest BCUT2D eigenvalue weighted by atomic mass is 19.2. The number of fused-ring (bicyclic) bond motifs is 1. The molecule has 37 heavy (non-hydrogen) atoms. The molecule has 3 heterocycles. The molecule has 200 valence electrons. The van der Waals surface area contributed by atoms with Crippen LogP contribution in [0.5, 0.6) is 5.75 Å². The van der Waals surface area contributed by atoms with Gasteiger partial charge in [0.05, 0.1) is 18.6 Å². The van der Waals surface area contributed by atoms with E-state index in [-0.39, 0.29) is 29.5 Å². The van der Waals surface area contributed by atoms with Crippen molar-refractivity contribution >= 4 is 17.8 Å². The molecule has 5 atom stereocenters. The number of rotatable bonds is 7. The van der Waals surface area contributed by atoms with E-state index in [1.165, 1.54) is 6.07 Å². The van der Waals surface area contributed by atoms with Gasteiger partial charge in [-0.3, -0.25) is 9.59 Å². The van der Waals surface area contributed by atoms with Crippen LogP contribution in [0.3, 0.4) is 0 Å². The van der Waals surface area contributed by atoms with Crippen LogP contribution in [0.2, 0.25) is 0 Å². The lowest BCUT2D eigenvalue weighted by Crippen LogP contribution is -2.58. The monoisotopic (exact) mass is 515 g/mol. The average Bonchev–Trinajstić information content (AvgIpc) is 3.45. The van der Waals surface area contributed by atoms with E-state index in [1.54, 1.807) is 23.4 Å². The molecule has 0 bridgehead atoms. The molecule has 0 radical (unpaired) electrons. The van der Waals surface area contributed by atoms with Crippen molar-refractivity contribution < 1.29 is 23.1 Å². The Labute approximate surface area is 216 Å². The van der Waals surface area contributed by atoms with Gasteiger partial charge in [0.1, 0.15) is 17.9 Å². The van der Waals surface area contributed by atoms with Gasteiger partial charge in [-0.25, -0.2) is 18.7 Å². The minimum absolute atomic E-state index is 0.132. The SMILES string of the molecule is CC[C@@H](C)C(=O)N[C@H](C(=O)N1CC[C@@H]2[C@H]1[C@@H](Oc1ccc(F)c(F)c1)CN2c1ncccn1)C(C)(C)C. The van der Waals surface area contributed by atoms with Crippen molar-refractivity contribution in [1.82, 2.24) is 20.2 Å². The molecule has 0 aliphatic carbocycles. The number of hydrogen-bond donors (Lipinski definition) is 1. The maximum Gasteiger partial charge on any atom is 0.246 e. The van der Waals surface area contributed by atoms with Gasteiger partial charge in [0.15, 0.2) is 11.6 Å². The van der Waals surface area contributed by atoms with E-state index >= 15 is 0 Å². The zero-order chi connectivity index (χ0) is 26.9. The van der Waals surface area contributed by atoms with E-state index in [4.69, 9.17) is 4.74 Å².